The van der Waals surface area contributed by atoms with E-state index in [2.05, 4.69) is 27.7 Å². The summed E-state index contributed by atoms with van der Waals surface area (Å²) < 4.78 is 27.6. The second kappa shape index (κ2) is 8.27. The van der Waals surface area contributed by atoms with Gasteiger partial charge in [0, 0.05) is 19.6 Å². The largest absolute Gasteiger partial charge is 0.326 e. The lowest BCUT2D eigenvalue weighted by atomic mass is 10.1. The van der Waals surface area contributed by atoms with Crippen LogP contribution in [0.15, 0.2) is 15.7 Å². The summed E-state index contributed by atoms with van der Waals surface area (Å²) in [5.74, 6) is 0.981. The molecule has 0 radical (unpaired) electrons. The normalized spacial score (nSPS) is 12.8. The smallest absolute Gasteiger partial charge is 0.252 e. The highest BCUT2D eigenvalue weighted by Crippen LogP contribution is 2.25. The maximum atomic E-state index is 12.8. The summed E-state index contributed by atoms with van der Waals surface area (Å²) in [6, 6.07) is 1.71. The zero-order chi connectivity index (χ0) is 16.0. The molecule has 0 aromatic carbocycles. The van der Waals surface area contributed by atoms with Crippen molar-refractivity contribution < 1.29 is 8.42 Å². The van der Waals surface area contributed by atoms with E-state index in [0.29, 0.717) is 35.7 Å². The van der Waals surface area contributed by atoms with Gasteiger partial charge in [-0.3, -0.25) is 0 Å². The maximum Gasteiger partial charge on any atom is 0.252 e. The molecule has 2 N–H and O–H groups in total. The molecule has 1 rings (SSSR count). The van der Waals surface area contributed by atoms with Crippen LogP contribution in [0.4, 0.5) is 0 Å². The monoisotopic (exact) mass is 332 g/mol. The molecule has 0 unspecified atom stereocenters. The Bertz CT molecular complexity index is 510. The molecule has 6 heteroatoms. The average molecular weight is 333 g/mol. The molecule has 0 saturated carbocycles. The summed E-state index contributed by atoms with van der Waals surface area (Å²) in [4.78, 5) is 0. The summed E-state index contributed by atoms with van der Waals surface area (Å²) in [5, 5.41) is 1.83. The molecule has 0 spiro atoms. The number of hydrogen-bond donors (Lipinski definition) is 1. The summed E-state index contributed by atoms with van der Waals surface area (Å²) in [5.41, 5.74) is 6.46. The Labute approximate surface area is 133 Å². The lowest BCUT2D eigenvalue weighted by molar-refractivity contribution is 0.358. The molecule has 0 aliphatic carbocycles. The van der Waals surface area contributed by atoms with Crippen LogP contribution in [0.25, 0.3) is 0 Å². The molecule has 0 amide bonds. The van der Waals surface area contributed by atoms with E-state index in [1.165, 1.54) is 11.3 Å². The van der Waals surface area contributed by atoms with Crippen molar-refractivity contribution in [1.82, 2.24) is 4.31 Å². The second-order valence-electron chi connectivity index (χ2n) is 6.25. The van der Waals surface area contributed by atoms with Gasteiger partial charge in [0.15, 0.2) is 0 Å². The quantitative estimate of drug-likeness (QED) is 0.755. The summed E-state index contributed by atoms with van der Waals surface area (Å²) >= 11 is 1.27. The number of nitrogens with zero attached hydrogens (tertiary/aromatic N) is 1. The molecule has 1 aromatic heterocycles. The van der Waals surface area contributed by atoms with Gasteiger partial charge < -0.3 is 5.73 Å². The van der Waals surface area contributed by atoms with E-state index < -0.39 is 10.0 Å². The van der Waals surface area contributed by atoms with E-state index in [-0.39, 0.29) is 0 Å². The molecule has 0 aliphatic heterocycles. The maximum absolute atomic E-state index is 12.8. The van der Waals surface area contributed by atoms with Gasteiger partial charge in [-0.15, -0.1) is 11.3 Å². The van der Waals surface area contributed by atoms with Crippen LogP contribution in [0.3, 0.4) is 0 Å². The molecule has 0 aliphatic rings. The highest BCUT2D eigenvalue weighted by atomic mass is 32.2. The number of nitrogens with two attached hydrogens (primary N) is 1. The highest BCUT2D eigenvalue weighted by molar-refractivity contribution is 7.91. The topological polar surface area (TPSA) is 63.4 Å². The first kappa shape index (κ1) is 18.6. The fourth-order valence-corrected chi connectivity index (χ4v) is 4.72. The molecular weight excluding hydrogens is 304 g/mol. The first-order valence-corrected chi connectivity index (χ1v) is 9.87. The van der Waals surface area contributed by atoms with Crippen LogP contribution in [-0.2, 0) is 16.6 Å². The van der Waals surface area contributed by atoms with Crippen molar-refractivity contribution in [2.24, 2.45) is 17.6 Å². The van der Waals surface area contributed by atoms with Crippen molar-refractivity contribution in [3.05, 3.63) is 17.0 Å². The zero-order valence-electron chi connectivity index (χ0n) is 13.5. The van der Waals surface area contributed by atoms with Crippen molar-refractivity contribution in [1.29, 1.82) is 0 Å². The van der Waals surface area contributed by atoms with Crippen LogP contribution in [0, 0.1) is 11.8 Å². The first-order chi connectivity index (χ1) is 9.77. The second-order valence-corrected chi connectivity index (χ2v) is 9.32. The van der Waals surface area contributed by atoms with Crippen LogP contribution in [0.5, 0.6) is 0 Å². The minimum Gasteiger partial charge on any atom is -0.326 e. The third-order valence-electron chi connectivity index (χ3n) is 3.37. The van der Waals surface area contributed by atoms with Gasteiger partial charge in [0.05, 0.1) is 0 Å². The van der Waals surface area contributed by atoms with Gasteiger partial charge in [-0.05, 0) is 41.7 Å². The van der Waals surface area contributed by atoms with E-state index >= 15 is 0 Å². The number of rotatable bonds is 9. The Hall–Kier alpha value is -0.430. The summed E-state index contributed by atoms with van der Waals surface area (Å²) in [7, 11) is -3.39. The molecule has 1 aromatic rings. The Kier molecular flexibility index (Phi) is 7.33. The number of thiophene rings is 1. The molecular formula is C15H28N2O2S2. The van der Waals surface area contributed by atoms with Crippen LogP contribution >= 0.6 is 11.3 Å². The number of hydrogen-bond acceptors (Lipinski definition) is 4. The fourth-order valence-electron chi connectivity index (χ4n) is 1.88. The predicted molar refractivity (Wildman–Crippen MR) is 89.9 cm³/mol. The minimum absolute atomic E-state index is 0.379. The molecule has 0 fully saturated rings. The predicted octanol–water partition coefficient (Wildman–Crippen LogP) is 3.29. The highest BCUT2D eigenvalue weighted by Gasteiger charge is 2.26. The van der Waals surface area contributed by atoms with E-state index in [0.717, 1.165) is 18.4 Å². The number of sulfonamides is 1. The standard InChI is InChI=1S/C15H28N2O2S2/c1-12(2)5-7-17(8-6-13(3)4)21(18,19)15-9-14(10-16)11-20-15/h9,11-13H,5-8,10,16H2,1-4H3. The Morgan fingerprint density at radius 1 is 1.14 bits per heavy atom. The van der Waals surface area contributed by atoms with E-state index in [1.54, 1.807) is 10.4 Å². The van der Waals surface area contributed by atoms with Gasteiger partial charge >= 0.3 is 0 Å². The van der Waals surface area contributed by atoms with Crippen LogP contribution in [0.2, 0.25) is 0 Å². The zero-order valence-corrected chi connectivity index (χ0v) is 15.1. The van der Waals surface area contributed by atoms with Gasteiger partial charge in [-0.2, -0.15) is 4.31 Å². The minimum atomic E-state index is -3.39. The van der Waals surface area contributed by atoms with Gasteiger partial charge in [0.2, 0.25) is 0 Å². The molecule has 4 nitrogen and oxygen atoms in total. The molecule has 1 heterocycles. The van der Waals surface area contributed by atoms with Gasteiger partial charge in [0.1, 0.15) is 4.21 Å². The van der Waals surface area contributed by atoms with E-state index in [1.807, 2.05) is 5.38 Å². The molecule has 21 heavy (non-hydrogen) atoms. The third kappa shape index (κ3) is 5.70. The van der Waals surface area contributed by atoms with Crippen LogP contribution in [0.1, 0.15) is 46.1 Å². The summed E-state index contributed by atoms with van der Waals surface area (Å²) in [6.45, 7) is 10.0. The van der Waals surface area contributed by atoms with Crippen molar-refractivity contribution in [2.45, 2.75) is 51.3 Å². The fraction of sp³-hybridized carbons (Fsp3) is 0.733. The Morgan fingerprint density at radius 3 is 2.05 bits per heavy atom. The van der Waals surface area contributed by atoms with E-state index in [9.17, 15) is 8.42 Å². The first-order valence-electron chi connectivity index (χ1n) is 7.55. The lowest BCUT2D eigenvalue weighted by Crippen LogP contribution is -2.33. The van der Waals surface area contributed by atoms with Crippen molar-refractivity contribution in [2.75, 3.05) is 13.1 Å². The molecule has 122 valence electrons. The SMILES string of the molecule is CC(C)CCN(CCC(C)C)S(=O)(=O)c1cc(CN)cs1. The molecule has 0 bridgehead atoms. The molecule has 0 saturated heterocycles. The molecule has 0 atom stereocenters. The average Bonchev–Trinajstić information content (AvgIpc) is 2.87. The van der Waals surface area contributed by atoms with Crippen molar-refractivity contribution >= 4 is 21.4 Å². The summed E-state index contributed by atoms with van der Waals surface area (Å²) in [6.07, 6.45) is 1.76. The van der Waals surface area contributed by atoms with Gasteiger partial charge in [0.25, 0.3) is 10.0 Å². The van der Waals surface area contributed by atoms with Crippen molar-refractivity contribution in [3.8, 4) is 0 Å². The lowest BCUT2D eigenvalue weighted by Gasteiger charge is -2.23. The van der Waals surface area contributed by atoms with Crippen molar-refractivity contribution in [3.63, 3.8) is 0 Å². The van der Waals surface area contributed by atoms with Crippen LogP contribution in [-0.4, -0.2) is 25.8 Å². The van der Waals surface area contributed by atoms with Crippen LogP contribution < -0.4 is 5.73 Å². The Morgan fingerprint density at radius 2 is 1.67 bits per heavy atom. The third-order valence-corrected chi connectivity index (χ3v) is 6.73. The van der Waals surface area contributed by atoms with Gasteiger partial charge in [-0.25, -0.2) is 8.42 Å². The van der Waals surface area contributed by atoms with Gasteiger partial charge in [-0.1, -0.05) is 27.7 Å². The van der Waals surface area contributed by atoms with E-state index in [4.69, 9.17) is 5.73 Å². The Balaban J connectivity index is 2.92.